The van der Waals surface area contributed by atoms with Gasteiger partial charge in [-0.1, -0.05) is 184 Å². The molecular formula is C63H46N2. The van der Waals surface area contributed by atoms with Crippen LogP contribution in [0.1, 0.15) is 25.0 Å². The molecule has 0 bridgehead atoms. The van der Waals surface area contributed by atoms with Crippen molar-refractivity contribution >= 4 is 38.9 Å². The predicted octanol–water partition coefficient (Wildman–Crippen LogP) is 17.2. The number of benzene rings is 10. The fourth-order valence-electron chi connectivity index (χ4n) is 10.3. The minimum Gasteiger partial charge on any atom is -0.310 e. The van der Waals surface area contributed by atoms with Crippen LogP contribution < -0.4 is 4.90 Å². The molecule has 0 atom stereocenters. The molecule has 0 radical (unpaired) electrons. The van der Waals surface area contributed by atoms with Gasteiger partial charge in [-0.15, -0.1) is 0 Å². The summed E-state index contributed by atoms with van der Waals surface area (Å²) in [6.07, 6.45) is 0. The maximum absolute atomic E-state index is 2.44. The zero-order chi connectivity index (χ0) is 43.5. The quantitative estimate of drug-likeness (QED) is 0.148. The van der Waals surface area contributed by atoms with Crippen LogP contribution in [0.5, 0.6) is 0 Å². The molecule has 1 aromatic heterocycles. The predicted molar refractivity (Wildman–Crippen MR) is 275 cm³/mol. The molecule has 2 nitrogen and oxygen atoms in total. The monoisotopic (exact) mass is 830 g/mol. The molecule has 2 heteroatoms. The van der Waals surface area contributed by atoms with Gasteiger partial charge in [0.25, 0.3) is 0 Å². The van der Waals surface area contributed by atoms with Gasteiger partial charge in [0.1, 0.15) is 0 Å². The molecule has 0 saturated carbocycles. The highest BCUT2D eigenvalue weighted by atomic mass is 15.1. The Hall–Kier alpha value is -8.20. The van der Waals surface area contributed by atoms with Crippen molar-refractivity contribution in [3.05, 3.63) is 254 Å². The van der Waals surface area contributed by atoms with Gasteiger partial charge < -0.3 is 9.47 Å². The van der Waals surface area contributed by atoms with Crippen LogP contribution in [0, 0.1) is 0 Å². The Balaban J connectivity index is 0.991. The lowest BCUT2D eigenvalue weighted by Crippen LogP contribution is -2.16. The number of hydrogen-bond donors (Lipinski definition) is 0. The number of hydrogen-bond acceptors (Lipinski definition) is 1. The van der Waals surface area contributed by atoms with E-state index in [1.54, 1.807) is 0 Å². The van der Waals surface area contributed by atoms with Crippen molar-refractivity contribution in [3.63, 3.8) is 0 Å². The van der Waals surface area contributed by atoms with Gasteiger partial charge in [-0.25, -0.2) is 0 Å². The zero-order valence-electron chi connectivity index (χ0n) is 36.5. The van der Waals surface area contributed by atoms with E-state index in [9.17, 15) is 0 Å². The molecule has 0 spiro atoms. The molecule has 308 valence electrons. The van der Waals surface area contributed by atoms with Gasteiger partial charge in [0.15, 0.2) is 0 Å². The summed E-state index contributed by atoms with van der Waals surface area (Å²) in [6, 6.07) is 88.9. The lowest BCUT2D eigenvalue weighted by molar-refractivity contribution is 0.660. The van der Waals surface area contributed by atoms with Crippen LogP contribution in [-0.2, 0) is 5.41 Å². The van der Waals surface area contributed by atoms with E-state index in [4.69, 9.17) is 0 Å². The summed E-state index contributed by atoms with van der Waals surface area (Å²) in [5.74, 6) is 0. The van der Waals surface area contributed by atoms with Gasteiger partial charge in [0, 0.05) is 38.9 Å². The zero-order valence-corrected chi connectivity index (χ0v) is 36.5. The van der Waals surface area contributed by atoms with E-state index in [2.05, 4.69) is 266 Å². The standard InChI is InChI=1S/C63H46N2/c1-63(2)59-27-14-12-25-55(59)56-35-34-53(42-60(56)63)64(51-32-29-46(30-33-51)43-17-6-3-7-18-43)52-24-16-23-47(38-52)48-31-36-62-58(41-48)57-26-13-15-28-61(57)65(62)54-39-49(44-19-8-4-9-20-44)37-50(40-54)45-21-10-5-11-22-45/h3-42H,1-2H3. The van der Waals surface area contributed by atoms with Crippen molar-refractivity contribution in [1.29, 1.82) is 0 Å². The van der Waals surface area contributed by atoms with Crippen LogP contribution in [0.15, 0.2) is 243 Å². The SMILES string of the molecule is CC1(C)c2ccccc2-c2ccc(N(c3ccc(-c4ccccc4)cc3)c3cccc(-c4ccc5c(c4)c4ccccc4n5-c4cc(-c5ccccc5)cc(-c5ccccc5)c4)c3)cc21. The molecular weight excluding hydrogens is 785 g/mol. The second-order valence-electron chi connectivity index (χ2n) is 17.8. The second kappa shape index (κ2) is 15.6. The summed E-state index contributed by atoms with van der Waals surface area (Å²) < 4.78 is 2.44. The third-order valence-electron chi connectivity index (χ3n) is 13.6. The van der Waals surface area contributed by atoms with Crippen LogP contribution in [0.25, 0.3) is 83.1 Å². The summed E-state index contributed by atoms with van der Waals surface area (Å²) in [4.78, 5) is 2.42. The largest absolute Gasteiger partial charge is 0.310 e. The Labute approximate surface area is 381 Å². The van der Waals surface area contributed by atoms with Gasteiger partial charge in [0.2, 0.25) is 0 Å². The maximum Gasteiger partial charge on any atom is 0.0541 e. The van der Waals surface area contributed by atoms with Crippen molar-refractivity contribution in [1.82, 2.24) is 4.57 Å². The lowest BCUT2D eigenvalue weighted by Gasteiger charge is -2.28. The van der Waals surface area contributed by atoms with Crippen LogP contribution in [0.3, 0.4) is 0 Å². The molecule has 0 N–H and O–H groups in total. The molecule has 0 amide bonds. The van der Waals surface area contributed by atoms with E-state index in [0.717, 1.165) is 22.7 Å². The fraction of sp³-hybridized carbons (Fsp3) is 0.0476. The number of rotatable bonds is 8. The molecule has 1 aliphatic rings. The van der Waals surface area contributed by atoms with Gasteiger partial charge in [-0.05, 0) is 140 Å². The number of aromatic nitrogens is 1. The highest BCUT2D eigenvalue weighted by molar-refractivity contribution is 6.10. The Kier molecular flexibility index (Phi) is 9.21. The molecule has 10 aromatic carbocycles. The van der Waals surface area contributed by atoms with Crippen molar-refractivity contribution in [2.24, 2.45) is 0 Å². The minimum absolute atomic E-state index is 0.118. The number of anilines is 3. The Morgan fingerprint density at radius 2 is 0.815 bits per heavy atom. The van der Waals surface area contributed by atoms with Crippen molar-refractivity contribution in [3.8, 4) is 61.3 Å². The third-order valence-corrected chi connectivity index (χ3v) is 13.6. The average molecular weight is 831 g/mol. The van der Waals surface area contributed by atoms with E-state index in [-0.39, 0.29) is 5.41 Å². The summed E-state index contributed by atoms with van der Waals surface area (Å²) in [6.45, 7) is 4.72. The maximum atomic E-state index is 2.44. The van der Waals surface area contributed by atoms with E-state index >= 15 is 0 Å². The van der Waals surface area contributed by atoms with Crippen LogP contribution in [0.2, 0.25) is 0 Å². The normalized spacial score (nSPS) is 12.6. The molecule has 0 saturated heterocycles. The first-order valence-corrected chi connectivity index (χ1v) is 22.6. The molecule has 12 rings (SSSR count). The molecule has 1 aliphatic carbocycles. The molecule has 1 heterocycles. The molecule has 65 heavy (non-hydrogen) atoms. The molecule has 11 aromatic rings. The summed E-state index contributed by atoms with van der Waals surface area (Å²) >= 11 is 0. The van der Waals surface area contributed by atoms with E-state index in [1.165, 1.54) is 88.6 Å². The van der Waals surface area contributed by atoms with Gasteiger partial charge in [0.05, 0.1) is 11.0 Å². The average Bonchev–Trinajstić information content (AvgIpc) is 3.82. The number of fused-ring (bicyclic) bond motifs is 6. The van der Waals surface area contributed by atoms with Crippen molar-refractivity contribution in [2.45, 2.75) is 19.3 Å². The van der Waals surface area contributed by atoms with Crippen LogP contribution in [0.4, 0.5) is 17.1 Å². The van der Waals surface area contributed by atoms with Gasteiger partial charge >= 0.3 is 0 Å². The fourth-order valence-corrected chi connectivity index (χ4v) is 10.3. The highest BCUT2D eigenvalue weighted by Gasteiger charge is 2.35. The lowest BCUT2D eigenvalue weighted by atomic mass is 9.82. The smallest absolute Gasteiger partial charge is 0.0541 e. The van der Waals surface area contributed by atoms with Crippen molar-refractivity contribution in [2.75, 3.05) is 4.90 Å². The number of nitrogens with zero attached hydrogens (tertiary/aromatic N) is 2. The molecule has 0 unspecified atom stereocenters. The van der Waals surface area contributed by atoms with Crippen LogP contribution >= 0.6 is 0 Å². The van der Waals surface area contributed by atoms with Crippen LogP contribution in [-0.4, -0.2) is 4.57 Å². The second-order valence-corrected chi connectivity index (χ2v) is 17.8. The first-order valence-electron chi connectivity index (χ1n) is 22.6. The first kappa shape index (κ1) is 38.5. The minimum atomic E-state index is -0.118. The summed E-state index contributed by atoms with van der Waals surface area (Å²) in [5, 5.41) is 2.46. The Bertz CT molecular complexity index is 3490. The van der Waals surface area contributed by atoms with E-state index < -0.39 is 0 Å². The summed E-state index contributed by atoms with van der Waals surface area (Å²) in [7, 11) is 0. The molecule has 0 aliphatic heterocycles. The Morgan fingerprint density at radius 3 is 1.52 bits per heavy atom. The first-order chi connectivity index (χ1) is 32.0. The van der Waals surface area contributed by atoms with Gasteiger partial charge in [-0.3, -0.25) is 0 Å². The molecule has 0 fully saturated rings. The van der Waals surface area contributed by atoms with E-state index in [1.807, 2.05) is 0 Å². The third kappa shape index (κ3) is 6.65. The van der Waals surface area contributed by atoms with Gasteiger partial charge in [-0.2, -0.15) is 0 Å². The number of para-hydroxylation sites is 1. The van der Waals surface area contributed by atoms with Crippen molar-refractivity contribution < 1.29 is 0 Å². The van der Waals surface area contributed by atoms with E-state index in [0.29, 0.717) is 0 Å². The Morgan fingerprint density at radius 1 is 0.308 bits per heavy atom. The highest BCUT2D eigenvalue weighted by Crippen LogP contribution is 2.51. The topological polar surface area (TPSA) is 8.17 Å². The summed E-state index contributed by atoms with van der Waals surface area (Å²) in [5.41, 5.74) is 21.7.